The molecule has 0 fully saturated rings. The Morgan fingerprint density at radius 1 is 1.12 bits per heavy atom. The number of rotatable bonds is 5. The monoisotopic (exact) mass is 451 g/mol. The highest BCUT2D eigenvalue weighted by Crippen LogP contribution is 2.26. The molecule has 5 nitrogen and oxygen atoms in total. The highest BCUT2D eigenvalue weighted by molar-refractivity contribution is 7.98. The van der Waals surface area contributed by atoms with Crippen molar-refractivity contribution in [1.29, 1.82) is 0 Å². The minimum absolute atomic E-state index is 0.0795. The Hall–Kier alpha value is -2.96. The van der Waals surface area contributed by atoms with Gasteiger partial charge in [0.2, 0.25) is 0 Å². The summed E-state index contributed by atoms with van der Waals surface area (Å²) in [6.07, 6.45) is 2.77. The number of aromatic nitrogens is 1. The molecule has 1 unspecified atom stereocenters. The van der Waals surface area contributed by atoms with Crippen LogP contribution in [0.5, 0.6) is 0 Å². The van der Waals surface area contributed by atoms with Gasteiger partial charge in [-0.3, -0.25) is 14.9 Å². The summed E-state index contributed by atoms with van der Waals surface area (Å²) in [5, 5.41) is 5.32. The molecule has 0 aliphatic rings. The zero-order chi connectivity index (χ0) is 24.1. The maximum Gasteiger partial charge on any atom is 0.162 e. The molecular weight excluding hydrogens is 418 g/mol. The smallest absolute Gasteiger partial charge is 0.162 e. The SMILES string of the molecule is C=S(N)(=O)c1ccc(C)cc1.CCc1cccc(-n2c(C)c(C=NC)c(C(C)=O)c2C)c1. The quantitative estimate of drug-likeness (QED) is 0.342. The second-order valence-electron chi connectivity index (χ2n) is 7.80. The van der Waals surface area contributed by atoms with Crippen LogP contribution >= 0.6 is 0 Å². The van der Waals surface area contributed by atoms with Crippen molar-refractivity contribution in [2.24, 2.45) is 10.1 Å². The Morgan fingerprint density at radius 3 is 2.25 bits per heavy atom. The van der Waals surface area contributed by atoms with E-state index in [0.29, 0.717) is 4.90 Å². The van der Waals surface area contributed by atoms with Gasteiger partial charge in [-0.25, -0.2) is 4.21 Å². The fraction of sp³-hybridized carbons (Fsp3) is 0.269. The molecule has 0 aliphatic heterocycles. The number of benzene rings is 2. The van der Waals surface area contributed by atoms with Crippen LogP contribution in [-0.4, -0.2) is 33.7 Å². The van der Waals surface area contributed by atoms with E-state index >= 15 is 0 Å². The average Bonchev–Trinajstić information content (AvgIpc) is 2.98. The van der Waals surface area contributed by atoms with Crippen molar-refractivity contribution < 1.29 is 9.00 Å². The summed E-state index contributed by atoms with van der Waals surface area (Å²) in [5.41, 5.74) is 7.22. The third-order valence-electron chi connectivity index (χ3n) is 5.30. The molecular formula is C26H33N3O2S. The zero-order valence-corrected chi connectivity index (χ0v) is 20.6. The molecule has 1 heterocycles. The summed E-state index contributed by atoms with van der Waals surface area (Å²) in [4.78, 5) is 16.7. The Labute approximate surface area is 192 Å². The first-order valence-electron chi connectivity index (χ1n) is 10.5. The van der Waals surface area contributed by atoms with Crippen LogP contribution < -0.4 is 5.14 Å². The van der Waals surface area contributed by atoms with E-state index in [0.717, 1.165) is 40.2 Å². The summed E-state index contributed by atoms with van der Waals surface area (Å²) in [6, 6.07) is 15.7. The first-order valence-corrected chi connectivity index (χ1v) is 12.3. The molecule has 0 spiro atoms. The molecule has 0 saturated heterocycles. The van der Waals surface area contributed by atoms with Crippen molar-refractivity contribution in [3.05, 3.63) is 82.2 Å². The number of carbonyl (C=O) groups is 1. The first-order chi connectivity index (χ1) is 15.0. The molecule has 0 radical (unpaired) electrons. The van der Waals surface area contributed by atoms with Crippen LogP contribution in [0.3, 0.4) is 0 Å². The predicted octanol–water partition coefficient (Wildman–Crippen LogP) is 4.85. The number of nitrogens with zero attached hydrogens (tertiary/aromatic N) is 2. The second kappa shape index (κ2) is 10.6. The number of carbonyl (C=O) groups excluding carboxylic acids is 1. The third kappa shape index (κ3) is 5.84. The Balaban J connectivity index is 0.000000278. The number of aliphatic imine (C=N–C) groups is 1. The summed E-state index contributed by atoms with van der Waals surface area (Å²) in [5.74, 6) is 3.46. The van der Waals surface area contributed by atoms with Crippen molar-refractivity contribution in [3.8, 4) is 5.69 Å². The predicted molar refractivity (Wildman–Crippen MR) is 137 cm³/mol. The molecule has 0 amide bonds. The van der Waals surface area contributed by atoms with E-state index in [2.05, 4.69) is 46.6 Å². The highest BCUT2D eigenvalue weighted by atomic mass is 32.2. The first kappa shape index (κ1) is 25.3. The van der Waals surface area contributed by atoms with E-state index in [1.807, 2.05) is 32.9 Å². The van der Waals surface area contributed by atoms with E-state index in [9.17, 15) is 9.00 Å². The molecule has 0 saturated carbocycles. The van der Waals surface area contributed by atoms with Crippen LogP contribution in [0.1, 0.15) is 52.3 Å². The second-order valence-corrected chi connectivity index (χ2v) is 9.73. The van der Waals surface area contributed by atoms with Gasteiger partial charge in [0.05, 0.1) is 9.71 Å². The number of aryl methyl sites for hydroxylation is 2. The summed E-state index contributed by atoms with van der Waals surface area (Å²) < 4.78 is 13.3. The molecule has 170 valence electrons. The van der Waals surface area contributed by atoms with Crippen LogP contribution in [-0.2, 0) is 16.1 Å². The lowest BCUT2D eigenvalue weighted by Gasteiger charge is -2.11. The lowest BCUT2D eigenvalue weighted by Crippen LogP contribution is -2.11. The van der Waals surface area contributed by atoms with Gasteiger partial charge in [-0.1, -0.05) is 36.8 Å². The normalized spacial score (nSPS) is 12.8. The van der Waals surface area contributed by atoms with E-state index in [1.54, 1.807) is 32.3 Å². The van der Waals surface area contributed by atoms with Crippen molar-refractivity contribution in [2.45, 2.75) is 45.9 Å². The topological polar surface area (TPSA) is 77.5 Å². The highest BCUT2D eigenvalue weighted by Gasteiger charge is 2.20. The van der Waals surface area contributed by atoms with Crippen molar-refractivity contribution >= 4 is 27.6 Å². The van der Waals surface area contributed by atoms with Gasteiger partial charge < -0.3 is 4.57 Å². The summed E-state index contributed by atoms with van der Waals surface area (Å²) in [7, 11) is -0.790. The van der Waals surface area contributed by atoms with Crippen LogP contribution in [0, 0.1) is 20.8 Å². The third-order valence-corrected chi connectivity index (χ3v) is 6.37. The van der Waals surface area contributed by atoms with E-state index in [-0.39, 0.29) is 5.78 Å². The molecule has 2 N–H and O–H groups in total. The van der Waals surface area contributed by atoms with Crippen LogP contribution in [0.2, 0.25) is 0 Å². The van der Waals surface area contributed by atoms with E-state index in [1.165, 1.54) is 5.56 Å². The van der Waals surface area contributed by atoms with Gasteiger partial charge >= 0.3 is 0 Å². The fourth-order valence-electron chi connectivity index (χ4n) is 3.66. The molecule has 0 bridgehead atoms. The number of ketones is 1. The van der Waals surface area contributed by atoms with Crippen molar-refractivity contribution in [2.75, 3.05) is 7.05 Å². The average molecular weight is 452 g/mol. The molecule has 0 aliphatic carbocycles. The molecule has 32 heavy (non-hydrogen) atoms. The summed E-state index contributed by atoms with van der Waals surface area (Å²) in [6.45, 7) is 9.75. The minimum Gasteiger partial charge on any atom is -0.317 e. The number of nitrogens with two attached hydrogens (primary N) is 1. The van der Waals surface area contributed by atoms with Gasteiger partial charge in [-0.05, 0) is 69.8 Å². The van der Waals surface area contributed by atoms with Gasteiger partial charge in [0.1, 0.15) is 0 Å². The molecule has 6 heteroatoms. The van der Waals surface area contributed by atoms with Gasteiger partial charge in [0.15, 0.2) is 5.78 Å². The van der Waals surface area contributed by atoms with E-state index in [4.69, 9.17) is 5.14 Å². The number of Topliss-reactive ketones (excluding diaryl/α,β-unsaturated/α-hetero) is 1. The van der Waals surface area contributed by atoms with Crippen LogP contribution in [0.25, 0.3) is 5.69 Å². The van der Waals surface area contributed by atoms with Gasteiger partial charge in [0, 0.05) is 46.4 Å². The maximum absolute atomic E-state index is 12.0. The van der Waals surface area contributed by atoms with Gasteiger partial charge in [-0.15, -0.1) is 0 Å². The number of hydrogen-bond donors (Lipinski definition) is 1. The van der Waals surface area contributed by atoms with Crippen LogP contribution in [0.15, 0.2) is 58.4 Å². The lowest BCUT2D eigenvalue weighted by molar-refractivity contribution is 0.101. The molecule has 1 aromatic heterocycles. The molecule has 2 aromatic carbocycles. The lowest BCUT2D eigenvalue weighted by atomic mass is 10.1. The molecule has 1 atom stereocenters. The standard InChI is InChI=1S/C18H22N2O.C8H11NOS/c1-6-15-8-7-9-16(10-15)20-12(2)17(11-19-5)18(13(20)3)14(4)21;1-7-3-5-8(6-4-7)11(2,9)10/h7-11H,6H2,1-5H3;3-6H,2H2,1H3,(H2,9,10). The fourth-order valence-corrected chi connectivity index (χ4v) is 4.26. The molecule has 3 rings (SSSR count). The van der Waals surface area contributed by atoms with E-state index < -0.39 is 9.71 Å². The van der Waals surface area contributed by atoms with Gasteiger partial charge in [-0.2, -0.15) is 0 Å². The largest absolute Gasteiger partial charge is 0.317 e. The van der Waals surface area contributed by atoms with Crippen molar-refractivity contribution in [3.63, 3.8) is 0 Å². The molecule has 3 aromatic rings. The minimum atomic E-state index is -2.52. The zero-order valence-electron chi connectivity index (χ0n) is 19.8. The maximum atomic E-state index is 12.0. The van der Waals surface area contributed by atoms with Crippen molar-refractivity contribution in [1.82, 2.24) is 4.57 Å². The summed E-state index contributed by atoms with van der Waals surface area (Å²) >= 11 is 0. The Bertz CT molecular complexity index is 1230. The Kier molecular flexibility index (Phi) is 8.36. The number of hydrogen-bond acceptors (Lipinski definition) is 3. The van der Waals surface area contributed by atoms with Crippen LogP contribution in [0.4, 0.5) is 0 Å². The Morgan fingerprint density at radius 2 is 1.75 bits per heavy atom. The van der Waals surface area contributed by atoms with Gasteiger partial charge in [0.25, 0.3) is 0 Å².